The van der Waals surface area contributed by atoms with Crippen LogP contribution in [0.2, 0.25) is 0 Å². The standard InChI is InChI=1S/C17H18O3/c1-17(2,3)13-6-8-15(9-7-13)20-16(18)11-10-14-5-4-12-19-14/h4-12H,1-3H3/b11-10+. The van der Waals surface area contributed by atoms with Crippen molar-refractivity contribution in [1.29, 1.82) is 0 Å². The van der Waals surface area contributed by atoms with Crippen LogP contribution in [0.25, 0.3) is 6.08 Å². The number of carbonyl (C=O) groups excluding carboxylic acids is 1. The Bertz CT molecular complexity index is 584. The van der Waals surface area contributed by atoms with Crippen molar-refractivity contribution in [3.05, 3.63) is 60.1 Å². The van der Waals surface area contributed by atoms with Gasteiger partial charge in [-0.05, 0) is 41.3 Å². The van der Waals surface area contributed by atoms with E-state index in [4.69, 9.17) is 9.15 Å². The van der Waals surface area contributed by atoms with Crippen LogP contribution in [0.3, 0.4) is 0 Å². The molecule has 0 spiro atoms. The van der Waals surface area contributed by atoms with E-state index in [0.29, 0.717) is 11.5 Å². The van der Waals surface area contributed by atoms with Gasteiger partial charge in [0.15, 0.2) is 0 Å². The Morgan fingerprint density at radius 3 is 2.40 bits per heavy atom. The van der Waals surface area contributed by atoms with Crippen molar-refractivity contribution >= 4 is 12.0 Å². The zero-order valence-corrected chi connectivity index (χ0v) is 11.9. The van der Waals surface area contributed by atoms with E-state index in [2.05, 4.69) is 20.8 Å². The maximum atomic E-state index is 11.6. The number of furan rings is 1. The SMILES string of the molecule is CC(C)(C)c1ccc(OC(=O)/C=C/c2ccco2)cc1. The van der Waals surface area contributed by atoms with Gasteiger partial charge in [-0.15, -0.1) is 0 Å². The summed E-state index contributed by atoms with van der Waals surface area (Å²) in [6.45, 7) is 6.42. The normalized spacial score (nSPS) is 11.8. The van der Waals surface area contributed by atoms with E-state index in [1.165, 1.54) is 11.6 Å². The molecule has 1 aromatic heterocycles. The summed E-state index contributed by atoms with van der Waals surface area (Å²) in [5.41, 5.74) is 1.28. The number of hydrogen-bond donors (Lipinski definition) is 0. The number of ether oxygens (including phenoxy) is 1. The fourth-order valence-electron chi connectivity index (χ4n) is 1.71. The number of esters is 1. The Kier molecular flexibility index (Phi) is 4.08. The first-order valence-electron chi connectivity index (χ1n) is 6.49. The number of carbonyl (C=O) groups is 1. The van der Waals surface area contributed by atoms with Gasteiger partial charge in [0.1, 0.15) is 11.5 Å². The smallest absolute Gasteiger partial charge is 0.336 e. The maximum Gasteiger partial charge on any atom is 0.336 e. The Balaban J connectivity index is 1.98. The molecule has 0 saturated heterocycles. The third-order valence-corrected chi connectivity index (χ3v) is 2.87. The van der Waals surface area contributed by atoms with E-state index in [0.717, 1.165) is 0 Å². The molecule has 0 saturated carbocycles. The fourth-order valence-corrected chi connectivity index (χ4v) is 1.71. The topological polar surface area (TPSA) is 39.4 Å². The van der Waals surface area contributed by atoms with E-state index in [1.54, 1.807) is 36.6 Å². The lowest BCUT2D eigenvalue weighted by Crippen LogP contribution is -2.11. The summed E-state index contributed by atoms with van der Waals surface area (Å²) in [7, 11) is 0. The van der Waals surface area contributed by atoms with Crippen LogP contribution in [0.5, 0.6) is 5.75 Å². The molecular weight excluding hydrogens is 252 g/mol. The Morgan fingerprint density at radius 2 is 1.85 bits per heavy atom. The predicted molar refractivity (Wildman–Crippen MR) is 78.5 cm³/mol. The van der Waals surface area contributed by atoms with Crippen molar-refractivity contribution in [3.63, 3.8) is 0 Å². The summed E-state index contributed by atoms with van der Waals surface area (Å²) >= 11 is 0. The molecule has 0 aliphatic rings. The summed E-state index contributed by atoms with van der Waals surface area (Å²) in [6, 6.07) is 11.1. The zero-order chi connectivity index (χ0) is 14.6. The molecule has 1 aromatic carbocycles. The van der Waals surface area contributed by atoms with Crippen LogP contribution >= 0.6 is 0 Å². The van der Waals surface area contributed by atoms with Crippen LogP contribution in [0.15, 0.2) is 53.2 Å². The first-order chi connectivity index (χ1) is 9.45. The molecule has 3 heteroatoms. The number of benzene rings is 1. The van der Waals surface area contributed by atoms with Gasteiger partial charge in [0.25, 0.3) is 0 Å². The second-order valence-electron chi connectivity index (χ2n) is 5.54. The van der Waals surface area contributed by atoms with Crippen LogP contribution in [0.1, 0.15) is 32.1 Å². The zero-order valence-electron chi connectivity index (χ0n) is 11.9. The van der Waals surface area contributed by atoms with E-state index in [-0.39, 0.29) is 5.41 Å². The molecule has 0 atom stereocenters. The fraction of sp³-hybridized carbons (Fsp3) is 0.235. The van der Waals surface area contributed by atoms with Crippen molar-refractivity contribution < 1.29 is 13.9 Å². The van der Waals surface area contributed by atoms with Crippen molar-refractivity contribution in [2.75, 3.05) is 0 Å². The Labute approximate surface area is 118 Å². The van der Waals surface area contributed by atoms with Crippen LogP contribution in [0, 0.1) is 0 Å². The average molecular weight is 270 g/mol. The highest BCUT2D eigenvalue weighted by atomic mass is 16.5. The minimum absolute atomic E-state index is 0.0850. The summed E-state index contributed by atoms with van der Waals surface area (Å²) in [5.74, 6) is 0.724. The van der Waals surface area contributed by atoms with Gasteiger partial charge in [-0.3, -0.25) is 0 Å². The lowest BCUT2D eigenvalue weighted by Gasteiger charge is -2.18. The average Bonchev–Trinajstić information content (AvgIpc) is 2.89. The molecule has 0 amide bonds. The second kappa shape index (κ2) is 5.78. The molecule has 1 heterocycles. The molecule has 2 rings (SSSR count). The first-order valence-corrected chi connectivity index (χ1v) is 6.49. The molecule has 0 unspecified atom stereocenters. The van der Waals surface area contributed by atoms with Gasteiger partial charge in [0.2, 0.25) is 0 Å². The van der Waals surface area contributed by atoms with Gasteiger partial charge < -0.3 is 9.15 Å². The quantitative estimate of drug-likeness (QED) is 0.477. The molecule has 0 N–H and O–H groups in total. The van der Waals surface area contributed by atoms with E-state index in [9.17, 15) is 4.79 Å². The predicted octanol–water partition coefficient (Wildman–Crippen LogP) is 4.20. The molecule has 2 aromatic rings. The van der Waals surface area contributed by atoms with Gasteiger partial charge in [0, 0.05) is 6.08 Å². The summed E-state index contributed by atoms with van der Waals surface area (Å²) < 4.78 is 10.3. The third kappa shape index (κ3) is 3.85. The van der Waals surface area contributed by atoms with Crippen molar-refractivity contribution in [2.24, 2.45) is 0 Å². The number of rotatable bonds is 3. The molecule has 0 aliphatic carbocycles. The van der Waals surface area contributed by atoms with Gasteiger partial charge >= 0.3 is 5.97 Å². The monoisotopic (exact) mass is 270 g/mol. The van der Waals surface area contributed by atoms with Crippen LogP contribution < -0.4 is 4.74 Å². The molecule has 0 bridgehead atoms. The molecular formula is C17H18O3. The van der Waals surface area contributed by atoms with Crippen molar-refractivity contribution in [1.82, 2.24) is 0 Å². The van der Waals surface area contributed by atoms with E-state index >= 15 is 0 Å². The van der Waals surface area contributed by atoms with Crippen LogP contribution in [-0.4, -0.2) is 5.97 Å². The molecule has 0 radical (unpaired) electrons. The van der Waals surface area contributed by atoms with Crippen molar-refractivity contribution in [2.45, 2.75) is 26.2 Å². The molecule has 20 heavy (non-hydrogen) atoms. The number of hydrogen-bond acceptors (Lipinski definition) is 3. The minimum atomic E-state index is -0.426. The Morgan fingerprint density at radius 1 is 1.15 bits per heavy atom. The summed E-state index contributed by atoms with van der Waals surface area (Å²) in [5, 5.41) is 0. The van der Waals surface area contributed by atoms with Gasteiger partial charge in [0.05, 0.1) is 6.26 Å². The third-order valence-electron chi connectivity index (χ3n) is 2.87. The van der Waals surface area contributed by atoms with E-state index in [1.807, 2.05) is 12.1 Å². The second-order valence-corrected chi connectivity index (χ2v) is 5.54. The molecule has 104 valence electrons. The maximum absolute atomic E-state index is 11.6. The molecule has 0 aliphatic heterocycles. The van der Waals surface area contributed by atoms with Gasteiger partial charge in [-0.25, -0.2) is 4.79 Å². The highest BCUT2D eigenvalue weighted by Crippen LogP contribution is 2.24. The lowest BCUT2D eigenvalue weighted by molar-refractivity contribution is -0.128. The first kappa shape index (κ1) is 14.1. The lowest BCUT2D eigenvalue weighted by atomic mass is 9.87. The molecule has 3 nitrogen and oxygen atoms in total. The largest absolute Gasteiger partial charge is 0.465 e. The van der Waals surface area contributed by atoms with Crippen LogP contribution in [0.4, 0.5) is 0 Å². The van der Waals surface area contributed by atoms with Gasteiger partial charge in [-0.1, -0.05) is 32.9 Å². The molecule has 0 fully saturated rings. The Hall–Kier alpha value is -2.29. The summed E-state index contributed by atoms with van der Waals surface area (Å²) in [6.07, 6.45) is 4.47. The van der Waals surface area contributed by atoms with Crippen molar-refractivity contribution in [3.8, 4) is 5.75 Å². The summed E-state index contributed by atoms with van der Waals surface area (Å²) in [4.78, 5) is 11.6. The van der Waals surface area contributed by atoms with Crippen LogP contribution in [-0.2, 0) is 10.2 Å². The van der Waals surface area contributed by atoms with E-state index < -0.39 is 5.97 Å². The minimum Gasteiger partial charge on any atom is -0.465 e. The van der Waals surface area contributed by atoms with Gasteiger partial charge in [-0.2, -0.15) is 0 Å². The highest BCUT2D eigenvalue weighted by molar-refractivity contribution is 5.88. The highest BCUT2D eigenvalue weighted by Gasteiger charge is 2.13.